The fraction of sp³-hybridized carbons (Fsp3) is 0.235. The number of ether oxygens (including phenoxy) is 1. The summed E-state index contributed by atoms with van der Waals surface area (Å²) < 4.78 is 21.8. The molecule has 2 N–H and O–H groups in total. The van der Waals surface area contributed by atoms with Crippen LogP contribution in [0, 0.1) is 5.82 Å². The van der Waals surface area contributed by atoms with Crippen molar-refractivity contribution >= 4 is 5.52 Å². The lowest BCUT2D eigenvalue weighted by Gasteiger charge is -2.17. The number of aromatic nitrogens is 3. The lowest BCUT2D eigenvalue weighted by atomic mass is 10.0. The molecular formula is C17H15FN4O3. The molecule has 128 valence electrons. The van der Waals surface area contributed by atoms with Gasteiger partial charge in [0, 0.05) is 12.4 Å². The van der Waals surface area contributed by atoms with Crippen LogP contribution in [0.4, 0.5) is 4.39 Å². The number of halogens is 1. The van der Waals surface area contributed by atoms with Gasteiger partial charge in [0.05, 0.1) is 24.4 Å². The molecule has 7 nitrogen and oxygen atoms in total. The van der Waals surface area contributed by atoms with Crippen LogP contribution in [0.2, 0.25) is 0 Å². The molecule has 3 heterocycles. The fourth-order valence-electron chi connectivity index (χ4n) is 3.14. The summed E-state index contributed by atoms with van der Waals surface area (Å²) in [4.78, 5) is 28.9. The standard InChI is InChI=1S/C17H15FN4O3/c1-25-15-12(10-4-6-20-7-5-10)11(18)8-21-14(15)13(9-2-3-9)16(23)22(19)17(21)24/h4-9H,2-3,19H2,1H3. The van der Waals surface area contributed by atoms with Crippen molar-refractivity contribution in [1.29, 1.82) is 0 Å². The van der Waals surface area contributed by atoms with Gasteiger partial charge in [-0.25, -0.2) is 9.18 Å². The number of methoxy groups -OCH3 is 1. The van der Waals surface area contributed by atoms with Crippen molar-refractivity contribution in [2.45, 2.75) is 18.8 Å². The van der Waals surface area contributed by atoms with Gasteiger partial charge < -0.3 is 10.6 Å². The highest BCUT2D eigenvalue weighted by molar-refractivity contribution is 5.82. The Hall–Kier alpha value is -3.16. The average Bonchev–Trinajstić information content (AvgIpc) is 3.45. The van der Waals surface area contributed by atoms with E-state index in [-0.39, 0.29) is 22.7 Å². The van der Waals surface area contributed by atoms with Gasteiger partial charge in [-0.2, -0.15) is 4.68 Å². The van der Waals surface area contributed by atoms with Crippen LogP contribution in [0.5, 0.6) is 5.75 Å². The van der Waals surface area contributed by atoms with Gasteiger partial charge in [-0.05, 0) is 36.5 Å². The van der Waals surface area contributed by atoms with Crippen molar-refractivity contribution in [3.05, 3.63) is 62.9 Å². The molecule has 0 aliphatic heterocycles. The predicted octanol–water partition coefficient (Wildman–Crippen LogP) is 1.26. The van der Waals surface area contributed by atoms with Crippen LogP contribution >= 0.6 is 0 Å². The SMILES string of the molecule is COc1c(-c2ccncc2)c(F)cn2c(=O)n(N)c(=O)c(C3CC3)c12. The number of hydrogen-bond acceptors (Lipinski definition) is 5. The third-order valence-corrected chi connectivity index (χ3v) is 4.44. The molecule has 0 bridgehead atoms. The summed E-state index contributed by atoms with van der Waals surface area (Å²) in [7, 11) is 1.38. The van der Waals surface area contributed by atoms with E-state index in [1.54, 1.807) is 12.1 Å². The third kappa shape index (κ3) is 2.21. The van der Waals surface area contributed by atoms with E-state index in [1.807, 2.05) is 0 Å². The van der Waals surface area contributed by atoms with Crippen LogP contribution in [0.25, 0.3) is 16.6 Å². The topological polar surface area (TPSA) is 91.6 Å². The van der Waals surface area contributed by atoms with Crippen molar-refractivity contribution in [3.63, 3.8) is 0 Å². The van der Waals surface area contributed by atoms with E-state index in [4.69, 9.17) is 10.6 Å². The molecule has 3 aromatic heterocycles. The van der Waals surface area contributed by atoms with E-state index < -0.39 is 17.1 Å². The van der Waals surface area contributed by atoms with Gasteiger partial charge in [0.15, 0.2) is 11.6 Å². The summed E-state index contributed by atoms with van der Waals surface area (Å²) in [5.74, 6) is 5.08. The Labute approximate surface area is 141 Å². The van der Waals surface area contributed by atoms with E-state index >= 15 is 0 Å². The van der Waals surface area contributed by atoms with Crippen molar-refractivity contribution in [3.8, 4) is 16.9 Å². The Bertz CT molecular complexity index is 1100. The lowest BCUT2D eigenvalue weighted by Crippen LogP contribution is -2.44. The Balaban J connectivity index is 2.23. The second-order valence-electron chi connectivity index (χ2n) is 5.99. The molecule has 3 aromatic rings. The number of nitrogens with two attached hydrogens (primary N) is 1. The summed E-state index contributed by atoms with van der Waals surface area (Å²) in [6, 6.07) is 3.27. The maximum Gasteiger partial charge on any atom is 0.354 e. The molecule has 1 fully saturated rings. The zero-order chi connectivity index (χ0) is 17.7. The molecule has 1 aliphatic carbocycles. The van der Waals surface area contributed by atoms with Gasteiger partial charge >= 0.3 is 5.69 Å². The number of rotatable bonds is 3. The van der Waals surface area contributed by atoms with Gasteiger partial charge in [-0.1, -0.05) is 0 Å². The molecular weight excluding hydrogens is 327 g/mol. The summed E-state index contributed by atoms with van der Waals surface area (Å²) in [6.45, 7) is 0. The van der Waals surface area contributed by atoms with Gasteiger partial charge in [0.1, 0.15) is 5.52 Å². The summed E-state index contributed by atoms with van der Waals surface area (Å²) in [5.41, 5.74) is -0.0107. The number of nitrogens with zero attached hydrogens (tertiary/aromatic N) is 3. The zero-order valence-corrected chi connectivity index (χ0v) is 13.4. The van der Waals surface area contributed by atoms with Crippen LogP contribution in [-0.4, -0.2) is 21.2 Å². The highest BCUT2D eigenvalue weighted by Crippen LogP contribution is 2.44. The molecule has 8 heteroatoms. The predicted molar refractivity (Wildman–Crippen MR) is 89.8 cm³/mol. The molecule has 4 rings (SSSR count). The first-order valence-electron chi connectivity index (χ1n) is 7.77. The molecule has 0 spiro atoms. The molecule has 0 saturated heterocycles. The molecule has 0 amide bonds. The molecule has 1 saturated carbocycles. The van der Waals surface area contributed by atoms with E-state index in [9.17, 15) is 14.0 Å². The zero-order valence-electron chi connectivity index (χ0n) is 13.4. The fourth-order valence-corrected chi connectivity index (χ4v) is 3.14. The van der Waals surface area contributed by atoms with Crippen LogP contribution in [0.3, 0.4) is 0 Å². The van der Waals surface area contributed by atoms with E-state index in [0.29, 0.717) is 15.8 Å². The Morgan fingerprint density at radius 2 is 1.96 bits per heavy atom. The molecule has 25 heavy (non-hydrogen) atoms. The first-order chi connectivity index (χ1) is 12.0. The maximum atomic E-state index is 14.8. The van der Waals surface area contributed by atoms with Crippen LogP contribution in [0.15, 0.2) is 40.3 Å². The first-order valence-corrected chi connectivity index (χ1v) is 7.77. The van der Waals surface area contributed by atoms with E-state index in [1.165, 1.54) is 19.5 Å². The number of pyridine rings is 2. The second kappa shape index (κ2) is 5.44. The Morgan fingerprint density at radius 1 is 1.28 bits per heavy atom. The minimum absolute atomic E-state index is 0.0115. The Morgan fingerprint density at radius 3 is 2.56 bits per heavy atom. The van der Waals surface area contributed by atoms with Gasteiger partial charge in [0.2, 0.25) is 0 Å². The van der Waals surface area contributed by atoms with Crippen molar-refractivity contribution in [2.75, 3.05) is 13.0 Å². The largest absolute Gasteiger partial charge is 0.494 e. The third-order valence-electron chi connectivity index (χ3n) is 4.44. The maximum absolute atomic E-state index is 14.8. The summed E-state index contributed by atoms with van der Waals surface area (Å²) in [6.07, 6.45) is 5.74. The molecule has 0 radical (unpaired) electrons. The van der Waals surface area contributed by atoms with Gasteiger partial charge in [0.25, 0.3) is 5.56 Å². The molecule has 1 aliphatic rings. The Kier molecular flexibility index (Phi) is 3.34. The average molecular weight is 342 g/mol. The number of fused-ring (bicyclic) bond motifs is 1. The normalized spacial score (nSPS) is 14.0. The highest BCUT2D eigenvalue weighted by atomic mass is 19.1. The van der Waals surface area contributed by atoms with E-state index in [2.05, 4.69) is 4.98 Å². The smallest absolute Gasteiger partial charge is 0.354 e. The van der Waals surface area contributed by atoms with Gasteiger partial charge in [-0.3, -0.25) is 14.2 Å². The first kappa shape index (κ1) is 15.4. The minimum atomic E-state index is -0.817. The van der Waals surface area contributed by atoms with Gasteiger partial charge in [-0.15, -0.1) is 0 Å². The molecule has 0 atom stereocenters. The number of nitrogen functional groups attached to an aromatic ring is 1. The highest BCUT2D eigenvalue weighted by Gasteiger charge is 2.33. The van der Waals surface area contributed by atoms with E-state index in [0.717, 1.165) is 23.4 Å². The monoisotopic (exact) mass is 342 g/mol. The molecule has 0 unspecified atom stereocenters. The van der Waals surface area contributed by atoms with Crippen LogP contribution in [-0.2, 0) is 0 Å². The minimum Gasteiger partial charge on any atom is -0.494 e. The van der Waals surface area contributed by atoms with Crippen molar-refractivity contribution in [1.82, 2.24) is 14.1 Å². The number of hydrogen-bond donors (Lipinski definition) is 1. The molecule has 0 aromatic carbocycles. The summed E-state index contributed by atoms with van der Waals surface area (Å²) in [5, 5.41) is 0. The van der Waals surface area contributed by atoms with Crippen LogP contribution < -0.4 is 21.8 Å². The van der Waals surface area contributed by atoms with Crippen molar-refractivity contribution < 1.29 is 9.13 Å². The lowest BCUT2D eigenvalue weighted by molar-refractivity contribution is 0.414. The van der Waals surface area contributed by atoms with Crippen LogP contribution in [0.1, 0.15) is 24.3 Å². The van der Waals surface area contributed by atoms with Crippen molar-refractivity contribution in [2.24, 2.45) is 0 Å². The summed E-state index contributed by atoms with van der Waals surface area (Å²) >= 11 is 0. The second-order valence-corrected chi connectivity index (χ2v) is 5.99. The quantitative estimate of drug-likeness (QED) is 0.724.